The van der Waals surface area contributed by atoms with Crippen LogP contribution in [0.25, 0.3) is 11.0 Å². The van der Waals surface area contributed by atoms with Crippen LogP contribution in [-0.2, 0) is 4.79 Å². The number of nitrogens with one attached hydrogen (secondary N) is 1. The number of likely N-dealkylation sites (tertiary alicyclic amines) is 1. The normalized spacial score (nSPS) is 14.6. The van der Waals surface area contributed by atoms with E-state index in [4.69, 9.17) is 4.74 Å². The number of aryl methyl sites for hydroxylation is 1. The molecule has 0 unspecified atom stereocenters. The van der Waals surface area contributed by atoms with Crippen molar-refractivity contribution < 1.29 is 9.53 Å². The topological polar surface area (TPSA) is 58.2 Å². The first-order chi connectivity index (χ1) is 11.7. The van der Waals surface area contributed by atoms with Gasteiger partial charge in [0.25, 0.3) is 5.91 Å². The van der Waals surface area contributed by atoms with Crippen LogP contribution in [0.3, 0.4) is 0 Å². The van der Waals surface area contributed by atoms with Crippen molar-refractivity contribution in [3.63, 3.8) is 0 Å². The molecule has 5 heteroatoms. The maximum Gasteiger partial charge on any atom is 0.260 e. The molecule has 0 aliphatic carbocycles. The Morgan fingerprint density at radius 2 is 1.96 bits per heavy atom. The van der Waals surface area contributed by atoms with Gasteiger partial charge in [0.2, 0.25) is 0 Å². The zero-order valence-electron chi connectivity index (χ0n) is 13.5. The third-order valence-electron chi connectivity index (χ3n) is 4.41. The number of rotatable bonds is 4. The van der Waals surface area contributed by atoms with Crippen molar-refractivity contribution >= 4 is 16.9 Å². The van der Waals surface area contributed by atoms with Gasteiger partial charge in [0.05, 0.1) is 17.0 Å². The number of H-pyrrole nitrogens is 1. The van der Waals surface area contributed by atoms with Crippen LogP contribution in [0.2, 0.25) is 0 Å². The van der Waals surface area contributed by atoms with Gasteiger partial charge < -0.3 is 14.6 Å². The number of carbonyl (C=O) groups excluding carboxylic acids is 1. The minimum Gasteiger partial charge on any atom is -0.484 e. The molecule has 0 atom stereocenters. The van der Waals surface area contributed by atoms with Crippen molar-refractivity contribution in [1.29, 1.82) is 0 Å². The fourth-order valence-electron chi connectivity index (χ4n) is 2.89. The molecule has 0 bridgehead atoms. The maximum absolute atomic E-state index is 12.2. The number of aromatic nitrogens is 2. The van der Waals surface area contributed by atoms with Crippen LogP contribution in [0.5, 0.6) is 5.75 Å². The van der Waals surface area contributed by atoms with Gasteiger partial charge in [0.15, 0.2) is 6.61 Å². The average molecular weight is 321 g/mol. The van der Waals surface area contributed by atoms with E-state index < -0.39 is 0 Å². The summed E-state index contributed by atoms with van der Waals surface area (Å²) >= 11 is 0. The van der Waals surface area contributed by atoms with Gasteiger partial charge in [-0.05, 0) is 31.2 Å². The molecule has 0 radical (unpaired) electrons. The van der Waals surface area contributed by atoms with Crippen LogP contribution in [0.1, 0.15) is 17.3 Å². The van der Waals surface area contributed by atoms with Crippen LogP contribution in [-0.4, -0.2) is 40.5 Å². The highest BCUT2D eigenvalue weighted by molar-refractivity contribution is 5.79. The number of ether oxygens (including phenoxy) is 1. The van der Waals surface area contributed by atoms with E-state index in [2.05, 4.69) is 9.97 Å². The minimum absolute atomic E-state index is 0.0166. The average Bonchev–Trinajstić information content (AvgIpc) is 2.96. The highest BCUT2D eigenvalue weighted by Gasteiger charge is 2.33. The lowest BCUT2D eigenvalue weighted by molar-refractivity contribution is -0.137. The van der Waals surface area contributed by atoms with Crippen molar-refractivity contribution in [2.24, 2.45) is 0 Å². The molecule has 5 nitrogen and oxygen atoms in total. The monoisotopic (exact) mass is 321 g/mol. The van der Waals surface area contributed by atoms with Crippen molar-refractivity contribution in [2.75, 3.05) is 19.7 Å². The summed E-state index contributed by atoms with van der Waals surface area (Å²) in [6, 6.07) is 15.7. The van der Waals surface area contributed by atoms with Crippen LogP contribution in [0.4, 0.5) is 0 Å². The summed E-state index contributed by atoms with van der Waals surface area (Å²) in [5.41, 5.74) is 3.19. The fraction of sp³-hybridized carbons (Fsp3) is 0.263. The van der Waals surface area contributed by atoms with Crippen molar-refractivity contribution in [2.45, 2.75) is 12.8 Å². The quantitative estimate of drug-likeness (QED) is 0.804. The number of imidazole rings is 1. The molecule has 2 heterocycles. The first-order valence-electron chi connectivity index (χ1n) is 8.11. The van der Waals surface area contributed by atoms with Gasteiger partial charge in [-0.1, -0.05) is 29.8 Å². The Balaban J connectivity index is 1.31. The third kappa shape index (κ3) is 2.85. The van der Waals surface area contributed by atoms with Crippen molar-refractivity contribution in [3.8, 4) is 5.75 Å². The van der Waals surface area contributed by atoms with E-state index in [-0.39, 0.29) is 18.4 Å². The number of para-hydroxylation sites is 2. The lowest BCUT2D eigenvalue weighted by Crippen LogP contribution is -2.50. The molecule has 1 aromatic heterocycles. The van der Waals surface area contributed by atoms with Gasteiger partial charge >= 0.3 is 0 Å². The second kappa shape index (κ2) is 6.00. The lowest BCUT2D eigenvalue weighted by Gasteiger charge is -2.38. The molecule has 1 N–H and O–H groups in total. The van der Waals surface area contributed by atoms with Gasteiger partial charge in [0.1, 0.15) is 11.6 Å². The number of nitrogens with zero attached hydrogens (tertiary/aromatic N) is 2. The molecule has 3 aromatic rings. The number of hydrogen-bond acceptors (Lipinski definition) is 3. The number of fused-ring (bicyclic) bond motifs is 1. The highest BCUT2D eigenvalue weighted by atomic mass is 16.5. The Kier molecular flexibility index (Phi) is 3.69. The second-order valence-corrected chi connectivity index (χ2v) is 6.24. The largest absolute Gasteiger partial charge is 0.484 e. The van der Waals surface area contributed by atoms with Crippen molar-refractivity contribution in [3.05, 3.63) is 59.9 Å². The summed E-state index contributed by atoms with van der Waals surface area (Å²) in [7, 11) is 0. The Morgan fingerprint density at radius 1 is 1.21 bits per heavy atom. The summed E-state index contributed by atoms with van der Waals surface area (Å²) < 4.78 is 5.55. The van der Waals surface area contributed by atoms with Crippen LogP contribution in [0, 0.1) is 6.92 Å². The smallest absolute Gasteiger partial charge is 0.260 e. The van der Waals surface area contributed by atoms with Gasteiger partial charge in [0, 0.05) is 13.1 Å². The maximum atomic E-state index is 12.2. The van der Waals surface area contributed by atoms with E-state index in [9.17, 15) is 4.79 Å². The van der Waals surface area contributed by atoms with Gasteiger partial charge in [-0.2, -0.15) is 0 Å². The summed E-state index contributed by atoms with van der Waals surface area (Å²) in [5, 5.41) is 0. The lowest BCUT2D eigenvalue weighted by atomic mass is 9.99. The molecule has 1 saturated heterocycles. The molecule has 2 aromatic carbocycles. The molecule has 24 heavy (non-hydrogen) atoms. The van der Waals surface area contributed by atoms with Crippen LogP contribution < -0.4 is 4.74 Å². The molecular weight excluding hydrogens is 302 g/mol. The van der Waals surface area contributed by atoms with E-state index in [0.717, 1.165) is 22.6 Å². The number of benzene rings is 2. The molecule has 122 valence electrons. The molecule has 1 amide bonds. The molecule has 0 spiro atoms. The zero-order valence-corrected chi connectivity index (χ0v) is 13.5. The Morgan fingerprint density at radius 3 is 2.71 bits per heavy atom. The molecule has 1 aliphatic heterocycles. The SMILES string of the molecule is Cc1ccc(OCC(=O)N2CC(c3nc4ccccc4[nH]3)C2)cc1. The van der Waals surface area contributed by atoms with E-state index in [1.165, 1.54) is 5.56 Å². The van der Waals surface area contributed by atoms with Crippen LogP contribution in [0.15, 0.2) is 48.5 Å². The van der Waals surface area contributed by atoms with Gasteiger partial charge in [-0.3, -0.25) is 4.79 Å². The van der Waals surface area contributed by atoms with E-state index in [1.54, 1.807) is 0 Å². The molecular formula is C19H19N3O2. The van der Waals surface area contributed by atoms with Crippen molar-refractivity contribution in [1.82, 2.24) is 14.9 Å². The molecule has 4 rings (SSSR count). The van der Waals surface area contributed by atoms with Crippen LogP contribution >= 0.6 is 0 Å². The Labute approximate surface area is 140 Å². The highest BCUT2D eigenvalue weighted by Crippen LogP contribution is 2.26. The first kappa shape index (κ1) is 14.8. The Bertz CT molecular complexity index is 831. The second-order valence-electron chi connectivity index (χ2n) is 6.24. The molecule has 1 aliphatic rings. The summed E-state index contributed by atoms with van der Waals surface area (Å²) in [6.07, 6.45) is 0. The predicted molar refractivity (Wildman–Crippen MR) is 92.1 cm³/mol. The van der Waals surface area contributed by atoms with Gasteiger partial charge in [-0.25, -0.2) is 4.98 Å². The Hall–Kier alpha value is -2.82. The van der Waals surface area contributed by atoms with E-state index in [1.807, 2.05) is 60.4 Å². The predicted octanol–water partition coefficient (Wildman–Crippen LogP) is 2.88. The number of hydrogen-bond donors (Lipinski definition) is 1. The first-order valence-corrected chi connectivity index (χ1v) is 8.11. The third-order valence-corrected chi connectivity index (χ3v) is 4.41. The molecule has 0 saturated carbocycles. The summed E-state index contributed by atoms with van der Waals surface area (Å²) in [6.45, 7) is 3.48. The summed E-state index contributed by atoms with van der Waals surface area (Å²) in [5.74, 6) is 1.98. The van der Waals surface area contributed by atoms with E-state index >= 15 is 0 Å². The standard InChI is InChI=1S/C19H19N3O2/c1-13-6-8-15(9-7-13)24-12-18(23)22-10-14(11-22)19-20-16-4-2-3-5-17(16)21-19/h2-9,14H,10-12H2,1H3,(H,20,21). The summed E-state index contributed by atoms with van der Waals surface area (Å²) in [4.78, 5) is 21.9. The molecule has 1 fully saturated rings. The minimum atomic E-state index is 0.0166. The van der Waals surface area contributed by atoms with Gasteiger partial charge in [-0.15, -0.1) is 0 Å². The number of carbonyl (C=O) groups is 1. The number of amides is 1. The fourth-order valence-corrected chi connectivity index (χ4v) is 2.89. The number of aromatic amines is 1. The zero-order chi connectivity index (χ0) is 16.5. The van der Waals surface area contributed by atoms with E-state index in [0.29, 0.717) is 13.1 Å².